The Balaban J connectivity index is 2.17. The largest absolute Gasteiger partial charge is 0.487 e. The Bertz CT molecular complexity index is 417. The number of halogens is 1. The third-order valence-corrected chi connectivity index (χ3v) is 2.88. The molecule has 0 saturated carbocycles. The van der Waals surface area contributed by atoms with Crippen molar-refractivity contribution in [3.63, 3.8) is 0 Å². The first-order chi connectivity index (χ1) is 8.16. The third-order valence-electron chi connectivity index (χ3n) is 2.65. The zero-order valence-corrected chi connectivity index (χ0v) is 10.2. The first-order valence-electron chi connectivity index (χ1n) is 5.55. The second kappa shape index (κ2) is 5.38. The average Bonchev–Trinajstić information content (AvgIpc) is 2.30. The summed E-state index contributed by atoms with van der Waals surface area (Å²) in [5.41, 5.74) is 6.07. The van der Waals surface area contributed by atoms with Gasteiger partial charge in [-0.15, -0.1) is 0 Å². The summed E-state index contributed by atoms with van der Waals surface area (Å²) in [4.78, 5) is 0. The molecule has 1 aromatic rings. The molecule has 0 aromatic heterocycles. The van der Waals surface area contributed by atoms with Crippen LogP contribution in [0.25, 0.3) is 0 Å². The lowest BCUT2D eigenvalue weighted by Crippen LogP contribution is -2.29. The van der Waals surface area contributed by atoms with E-state index in [0.717, 1.165) is 19.4 Å². The van der Waals surface area contributed by atoms with Crippen molar-refractivity contribution in [1.82, 2.24) is 0 Å². The van der Waals surface area contributed by atoms with Crippen LogP contribution in [0.15, 0.2) is 18.2 Å². The van der Waals surface area contributed by atoms with E-state index in [-0.39, 0.29) is 11.9 Å². The molecule has 5 heteroatoms. The predicted molar refractivity (Wildman–Crippen MR) is 66.9 cm³/mol. The second-order valence-electron chi connectivity index (χ2n) is 4.01. The molecule has 1 heterocycles. The maximum atomic E-state index is 7.49. The van der Waals surface area contributed by atoms with E-state index in [1.807, 2.05) is 0 Å². The van der Waals surface area contributed by atoms with Gasteiger partial charge in [0.15, 0.2) is 0 Å². The molecule has 1 aliphatic rings. The highest BCUT2D eigenvalue weighted by molar-refractivity contribution is 6.30. The molecule has 1 saturated heterocycles. The normalized spacial score (nSPS) is 19.9. The van der Waals surface area contributed by atoms with E-state index in [1.54, 1.807) is 18.2 Å². The van der Waals surface area contributed by atoms with E-state index in [1.165, 1.54) is 0 Å². The van der Waals surface area contributed by atoms with Gasteiger partial charge < -0.3 is 15.2 Å². The lowest BCUT2D eigenvalue weighted by Gasteiger charge is -2.24. The number of nitrogen functional groups attached to an aromatic ring is 1. The fourth-order valence-electron chi connectivity index (χ4n) is 1.80. The van der Waals surface area contributed by atoms with Gasteiger partial charge in [-0.05, 0) is 31.0 Å². The lowest BCUT2D eigenvalue weighted by molar-refractivity contribution is 0.00736. The van der Waals surface area contributed by atoms with Crippen molar-refractivity contribution in [2.45, 2.75) is 18.9 Å². The molecule has 1 fully saturated rings. The van der Waals surface area contributed by atoms with E-state index in [0.29, 0.717) is 22.9 Å². The molecule has 0 aliphatic carbocycles. The molecule has 92 valence electrons. The van der Waals surface area contributed by atoms with Gasteiger partial charge in [0, 0.05) is 11.6 Å². The fourth-order valence-corrected chi connectivity index (χ4v) is 1.96. The summed E-state index contributed by atoms with van der Waals surface area (Å²) in [5.74, 6) is 0.536. The smallest absolute Gasteiger partial charge is 0.132 e. The molecule has 0 radical (unpaired) electrons. The minimum atomic E-state index is -0.0200. The Kier molecular flexibility index (Phi) is 3.86. The van der Waals surface area contributed by atoms with Crippen LogP contribution in [-0.4, -0.2) is 25.2 Å². The Morgan fingerprint density at radius 2 is 2.35 bits per heavy atom. The van der Waals surface area contributed by atoms with Gasteiger partial charge in [-0.25, -0.2) is 0 Å². The molecule has 0 bridgehead atoms. The molecule has 3 N–H and O–H groups in total. The zero-order chi connectivity index (χ0) is 12.3. The van der Waals surface area contributed by atoms with E-state index in [9.17, 15) is 0 Å². The zero-order valence-electron chi connectivity index (χ0n) is 9.41. The van der Waals surface area contributed by atoms with Crippen LogP contribution >= 0.6 is 11.6 Å². The summed E-state index contributed by atoms with van der Waals surface area (Å²) < 4.78 is 11.1. The van der Waals surface area contributed by atoms with Crippen LogP contribution in [0.1, 0.15) is 18.4 Å². The van der Waals surface area contributed by atoms with Gasteiger partial charge in [0.05, 0.1) is 12.2 Å². The van der Waals surface area contributed by atoms with Crippen molar-refractivity contribution in [3.05, 3.63) is 28.8 Å². The SMILES string of the molecule is N=C(N)c1ccc(Cl)cc1OC1CCCOC1. The highest BCUT2D eigenvalue weighted by atomic mass is 35.5. The number of benzene rings is 1. The summed E-state index contributed by atoms with van der Waals surface area (Å²) >= 11 is 5.92. The summed E-state index contributed by atoms with van der Waals surface area (Å²) in [6.07, 6.45) is 1.95. The van der Waals surface area contributed by atoms with Crippen molar-refractivity contribution in [3.8, 4) is 5.75 Å². The van der Waals surface area contributed by atoms with Crippen LogP contribution in [0.4, 0.5) is 0 Å². The average molecular weight is 255 g/mol. The monoisotopic (exact) mass is 254 g/mol. The summed E-state index contributed by atoms with van der Waals surface area (Å²) in [6.45, 7) is 1.36. The van der Waals surface area contributed by atoms with Crippen LogP contribution in [-0.2, 0) is 4.74 Å². The minimum Gasteiger partial charge on any atom is -0.487 e. The molecule has 1 aliphatic heterocycles. The number of amidine groups is 1. The number of nitrogens with two attached hydrogens (primary N) is 1. The summed E-state index contributed by atoms with van der Waals surface area (Å²) in [7, 11) is 0. The molecule has 0 spiro atoms. The Hall–Kier alpha value is -1.26. The molecule has 0 amide bonds. The van der Waals surface area contributed by atoms with E-state index in [4.69, 9.17) is 32.2 Å². The number of rotatable bonds is 3. The van der Waals surface area contributed by atoms with Crippen LogP contribution < -0.4 is 10.5 Å². The van der Waals surface area contributed by atoms with Crippen molar-refractivity contribution >= 4 is 17.4 Å². The van der Waals surface area contributed by atoms with Gasteiger partial charge in [0.2, 0.25) is 0 Å². The maximum Gasteiger partial charge on any atom is 0.132 e. The standard InChI is InChI=1S/C12H15ClN2O2/c13-8-3-4-10(12(14)15)11(6-8)17-9-2-1-5-16-7-9/h3-4,6,9H,1-2,5,7H2,(H3,14,15). The van der Waals surface area contributed by atoms with Crippen molar-refractivity contribution in [2.24, 2.45) is 5.73 Å². The highest BCUT2D eigenvalue weighted by Gasteiger charge is 2.17. The number of nitrogens with one attached hydrogen (secondary N) is 1. The third kappa shape index (κ3) is 3.11. The quantitative estimate of drug-likeness (QED) is 0.642. The van der Waals surface area contributed by atoms with Gasteiger partial charge in [-0.2, -0.15) is 0 Å². The van der Waals surface area contributed by atoms with Crippen LogP contribution in [0, 0.1) is 5.41 Å². The molecule has 1 unspecified atom stereocenters. The van der Waals surface area contributed by atoms with Gasteiger partial charge in [-0.3, -0.25) is 5.41 Å². The van der Waals surface area contributed by atoms with Gasteiger partial charge in [-0.1, -0.05) is 11.6 Å². The van der Waals surface area contributed by atoms with E-state index in [2.05, 4.69) is 0 Å². The summed E-state index contributed by atoms with van der Waals surface area (Å²) in [6, 6.07) is 5.08. The predicted octanol–water partition coefficient (Wildman–Crippen LogP) is 2.18. The second-order valence-corrected chi connectivity index (χ2v) is 4.45. The maximum absolute atomic E-state index is 7.49. The minimum absolute atomic E-state index is 0.0142. The van der Waals surface area contributed by atoms with Crippen molar-refractivity contribution < 1.29 is 9.47 Å². The first-order valence-corrected chi connectivity index (χ1v) is 5.93. The molecule has 1 aromatic carbocycles. The van der Waals surface area contributed by atoms with Gasteiger partial charge >= 0.3 is 0 Å². The Morgan fingerprint density at radius 3 is 3.00 bits per heavy atom. The van der Waals surface area contributed by atoms with Crippen molar-refractivity contribution in [2.75, 3.05) is 13.2 Å². The number of ether oxygens (including phenoxy) is 2. The molecule has 2 rings (SSSR count). The van der Waals surface area contributed by atoms with Gasteiger partial charge in [0.1, 0.15) is 17.7 Å². The topological polar surface area (TPSA) is 68.3 Å². The Labute approximate surface area is 105 Å². The van der Waals surface area contributed by atoms with Crippen LogP contribution in [0.3, 0.4) is 0 Å². The molecule has 1 atom stereocenters. The molecular weight excluding hydrogens is 240 g/mol. The molecule has 4 nitrogen and oxygen atoms in total. The molecule has 17 heavy (non-hydrogen) atoms. The fraction of sp³-hybridized carbons (Fsp3) is 0.417. The number of hydrogen-bond donors (Lipinski definition) is 2. The highest BCUT2D eigenvalue weighted by Crippen LogP contribution is 2.25. The van der Waals surface area contributed by atoms with Crippen LogP contribution in [0.5, 0.6) is 5.75 Å². The molecular formula is C12H15ClN2O2. The summed E-state index contributed by atoms with van der Waals surface area (Å²) in [5, 5.41) is 8.06. The first kappa shape index (κ1) is 12.2. The number of hydrogen-bond acceptors (Lipinski definition) is 3. The van der Waals surface area contributed by atoms with Crippen molar-refractivity contribution in [1.29, 1.82) is 5.41 Å². The lowest BCUT2D eigenvalue weighted by atomic mass is 10.1. The van der Waals surface area contributed by atoms with E-state index >= 15 is 0 Å². The Morgan fingerprint density at radius 1 is 1.53 bits per heavy atom. The van der Waals surface area contributed by atoms with Crippen LogP contribution in [0.2, 0.25) is 5.02 Å². The van der Waals surface area contributed by atoms with E-state index < -0.39 is 0 Å². The van der Waals surface area contributed by atoms with Gasteiger partial charge in [0.25, 0.3) is 0 Å².